The van der Waals surface area contributed by atoms with E-state index in [1.807, 2.05) is 6.92 Å². The van der Waals surface area contributed by atoms with E-state index < -0.39 is 0 Å². The van der Waals surface area contributed by atoms with Crippen LogP contribution < -0.4 is 4.74 Å². The van der Waals surface area contributed by atoms with Crippen molar-refractivity contribution in [1.82, 2.24) is 9.55 Å². The van der Waals surface area contributed by atoms with Gasteiger partial charge in [0.15, 0.2) is 0 Å². The zero-order valence-electron chi connectivity index (χ0n) is 9.95. The van der Waals surface area contributed by atoms with Gasteiger partial charge in [-0.05, 0) is 25.5 Å². The lowest BCUT2D eigenvalue weighted by Crippen LogP contribution is -2.10. The second-order valence-corrected chi connectivity index (χ2v) is 4.48. The van der Waals surface area contributed by atoms with Crippen molar-refractivity contribution < 1.29 is 4.74 Å². The summed E-state index contributed by atoms with van der Waals surface area (Å²) >= 11 is 0. The number of hydrogen-bond donors (Lipinski definition) is 0. The van der Waals surface area contributed by atoms with E-state index in [2.05, 4.69) is 35.7 Å². The van der Waals surface area contributed by atoms with Crippen LogP contribution in [0.3, 0.4) is 0 Å². The molecule has 0 bridgehead atoms. The molecule has 0 saturated heterocycles. The van der Waals surface area contributed by atoms with Crippen LogP contribution in [0.5, 0.6) is 5.75 Å². The van der Waals surface area contributed by atoms with E-state index in [0.717, 1.165) is 29.9 Å². The summed E-state index contributed by atoms with van der Waals surface area (Å²) in [5.74, 6) is 2.10. The highest BCUT2D eigenvalue weighted by molar-refractivity contribution is 5.83. The van der Waals surface area contributed by atoms with Gasteiger partial charge in [0, 0.05) is 19.0 Å². The summed E-state index contributed by atoms with van der Waals surface area (Å²) in [5, 5.41) is 0. The lowest BCUT2D eigenvalue weighted by Gasteiger charge is -2.05. The molecule has 16 heavy (non-hydrogen) atoms. The van der Waals surface area contributed by atoms with Crippen LogP contribution in [0.25, 0.3) is 11.0 Å². The molecule has 0 aliphatic carbocycles. The highest BCUT2D eigenvalue weighted by Gasteiger charge is 2.25. The van der Waals surface area contributed by atoms with E-state index in [9.17, 15) is 0 Å². The highest BCUT2D eigenvalue weighted by Crippen LogP contribution is 2.35. The molecule has 3 nitrogen and oxygen atoms in total. The number of benzene rings is 1. The van der Waals surface area contributed by atoms with Crippen molar-refractivity contribution in [2.45, 2.75) is 32.8 Å². The standard InChI is InChI=1S/C13H16N2O/c1-4-9-7-10-12(16-9)6-5-11-13(10)15(3)8(2)14-11/h5-6,9H,4,7H2,1-3H3. The van der Waals surface area contributed by atoms with Gasteiger partial charge in [-0.25, -0.2) is 4.98 Å². The number of aryl methyl sites for hydroxylation is 2. The fourth-order valence-electron chi connectivity index (χ4n) is 2.47. The summed E-state index contributed by atoms with van der Waals surface area (Å²) in [5.41, 5.74) is 3.65. The molecule has 1 unspecified atom stereocenters. The SMILES string of the molecule is CCC1Cc2c(ccc3nc(C)n(C)c23)O1. The molecule has 0 fully saturated rings. The molecule has 84 valence electrons. The Morgan fingerprint density at radius 2 is 2.31 bits per heavy atom. The Bertz CT molecular complexity index is 557. The van der Waals surface area contributed by atoms with E-state index in [1.165, 1.54) is 11.1 Å². The molecule has 1 aliphatic heterocycles. The number of imidazole rings is 1. The summed E-state index contributed by atoms with van der Waals surface area (Å²) in [6, 6.07) is 4.11. The Hall–Kier alpha value is -1.51. The molecule has 0 radical (unpaired) electrons. The normalized spacial score (nSPS) is 18.8. The molecule has 1 atom stereocenters. The van der Waals surface area contributed by atoms with E-state index >= 15 is 0 Å². The Morgan fingerprint density at radius 3 is 3.06 bits per heavy atom. The maximum atomic E-state index is 5.89. The number of aromatic nitrogens is 2. The third-order valence-electron chi connectivity index (χ3n) is 3.50. The first-order valence-corrected chi connectivity index (χ1v) is 5.82. The number of hydrogen-bond acceptors (Lipinski definition) is 2. The topological polar surface area (TPSA) is 27.1 Å². The van der Waals surface area contributed by atoms with Crippen molar-refractivity contribution in [2.24, 2.45) is 7.05 Å². The summed E-state index contributed by atoms with van der Waals surface area (Å²) in [7, 11) is 2.07. The van der Waals surface area contributed by atoms with Crippen LogP contribution in [-0.4, -0.2) is 15.7 Å². The fourth-order valence-corrected chi connectivity index (χ4v) is 2.47. The molecule has 3 rings (SSSR count). The van der Waals surface area contributed by atoms with Crippen LogP contribution in [0.4, 0.5) is 0 Å². The summed E-state index contributed by atoms with van der Waals surface area (Å²) in [4.78, 5) is 4.55. The Balaban J connectivity index is 2.26. The second kappa shape index (κ2) is 3.24. The maximum Gasteiger partial charge on any atom is 0.125 e. The smallest absolute Gasteiger partial charge is 0.125 e. The Morgan fingerprint density at radius 1 is 1.50 bits per heavy atom. The van der Waals surface area contributed by atoms with Gasteiger partial charge in [-0.1, -0.05) is 6.92 Å². The monoisotopic (exact) mass is 216 g/mol. The van der Waals surface area contributed by atoms with Crippen LogP contribution in [0.1, 0.15) is 24.7 Å². The average molecular weight is 216 g/mol. The Labute approximate surface area is 95.0 Å². The van der Waals surface area contributed by atoms with E-state index in [4.69, 9.17) is 4.74 Å². The lowest BCUT2D eigenvalue weighted by molar-refractivity contribution is 0.228. The van der Waals surface area contributed by atoms with Crippen molar-refractivity contribution in [2.75, 3.05) is 0 Å². The third-order valence-corrected chi connectivity index (χ3v) is 3.50. The van der Waals surface area contributed by atoms with Gasteiger partial charge in [-0.2, -0.15) is 0 Å². The molecule has 0 spiro atoms. The first-order valence-electron chi connectivity index (χ1n) is 5.82. The minimum absolute atomic E-state index is 0.343. The molecule has 2 heterocycles. The quantitative estimate of drug-likeness (QED) is 0.732. The average Bonchev–Trinajstić information content (AvgIpc) is 2.81. The zero-order valence-corrected chi connectivity index (χ0v) is 9.95. The van der Waals surface area contributed by atoms with Crippen LogP contribution in [0, 0.1) is 6.92 Å². The zero-order chi connectivity index (χ0) is 11.3. The number of nitrogens with zero attached hydrogens (tertiary/aromatic N) is 2. The van der Waals surface area contributed by atoms with Crippen LogP contribution in [0.15, 0.2) is 12.1 Å². The van der Waals surface area contributed by atoms with E-state index in [0.29, 0.717) is 6.10 Å². The van der Waals surface area contributed by atoms with Crippen molar-refractivity contribution in [3.8, 4) is 5.75 Å². The summed E-state index contributed by atoms with van der Waals surface area (Å²) in [6.07, 6.45) is 2.42. The molecule has 0 saturated carbocycles. The summed E-state index contributed by atoms with van der Waals surface area (Å²) < 4.78 is 8.05. The first-order chi connectivity index (χ1) is 7.70. The van der Waals surface area contributed by atoms with Crippen LogP contribution in [0.2, 0.25) is 0 Å². The van der Waals surface area contributed by atoms with Gasteiger partial charge in [-0.15, -0.1) is 0 Å². The van der Waals surface area contributed by atoms with Crippen molar-refractivity contribution in [1.29, 1.82) is 0 Å². The fraction of sp³-hybridized carbons (Fsp3) is 0.462. The van der Waals surface area contributed by atoms with Gasteiger partial charge in [0.05, 0.1) is 11.0 Å². The van der Waals surface area contributed by atoms with Gasteiger partial charge in [0.25, 0.3) is 0 Å². The van der Waals surface area contributed by atoms with Gasteiger partial charge < -0.3 is 9.30 Å². The molecule has 0 N–H and O–H groups in total. The van der Waals surface area contributed by atoms with Crippen molar-refractivity contribution in [3.05, 3.63) is 23.5 Å². The molecular formula is C13H16N2O. The predicted molar refractivity (Wildman–Crippen MR) is 63.9 cm³/mol. The van der Waals surface area contributed by atoms with Gasteiger partial charge in [-0.3, -0.25) is 0 Å². The molecule has 2 aromatic rings. The summed E-state index contributed by atoms with van der Waals surface area (Å²) in [6.45, 7) is 4.21. The van der Waals surface area contributed by atoms with Gasteiger partial charge in [0.2, 0.25) is 0 Å². The molecule has 0 amide bonds. The van der Waals surface area contributed by atoms with E-state index in [-0.39, 0.29) is 0 Å². The maximum absolute atomic E-state index is 5.89. The van der Waals surface area contributed by atoms with Crippen LogP contribution >= 0.6 is 0 Å². The number of fused-ring (bicyclic) bond motifs is 3. The third kappa shape index (κ3) is 1.17. The number of rotatable bonds is 1. The number of ether oxygens (including phenoxy) is 1. The second-order valence-electron chi connectivity index (χ2n) is 4.48. The predicted octanol–water partition coefficient (Wildman–Crippen LogP) is 2.60. The van der Waals surface area contributed by atoms with E-state index in [1.54, 1.807) is 0 Å². The van der Waals surface area contributed by atoms with Gasteiger partial charge in [0.1, 0.15) is 17.7 Å². The highest BCUT2D eigenvalue weighted by atomic mass is 16.5. The van der Waals surface area contributed by atoms with Crippen molar-refractivity contribution in [3.63, 3.8) is 0 Å². The molecule has 3 heteroatoms. The van der Waals surface area contributed by atoms with Crippen molar-refractivity contribution >= 4 is 11.0 Å². The first kappa shape index (κ1) is 9.70. The Kier molecular flexibility index (Phi) is 1.96. The van der Waals surface area contributed by atoms with Crippen LogP contribution in [-0.2, 0) is 13.5 Å². The minimum Gasteiger partial charge on any atom is -0.490 e. The van der Waals surface area contributed by atoms with Gasteiger partial charge >= 0.3 is 0 Å². The molecule has 1 aromatic heterocycles. The molecule has 1 aliphatic rings. The molecule has 1 aromatic carbocycles. The largest absolute Gasteiger partial charge is 0.490 e. The lowest BCUT2D eigenvalue weighted by atomic mass is 10.1. The molecular weight excluding hydrogens is 200 g/mol. The minimum atomic E-state index is 0.343.